The molecule has 0 aromatic carbocycles. The van der Waals surface area contributed by atoms with Gasteiger partial charge in [-0.1, -0.05) is 0 Å². The van der Waals surface area contributed by atoms with E-state index in [0.29, 0.717) is 18.4 Å². The number of alkyl halides is 1. The standard InChI is InChI=1S/C10H18ClNO2/c1-2-14-9-4-7-12(8-5-9)10(13)3-6-11/h9H,2-8H2,1H3. The van der Waals surface area contributed by atoms with E-state index < -0.39 is 0 Å². The summed E-state index contributed by atoms with van der Waals surface area (Å²) in [6, 6.07) is 0. The molecule has 0 bridgehead atoms. The van der Waals surface area contributed by atoms with Gasteiger partial charge in [-0.15, -0.1) is 11.6 Å². The molecular weight excluding hydrogens is 202 g/mol. The number of carbonyl (C=O) groups is 1. The van der Waals surface area contributed by atoms with Crippen LogP contribution < -0.4 is 0 Å². The Labute approximate surface area is 90.4 Å². The molecule has 1 heterocycles. The summed E-state index contributed by atoms with van der Waals surface area (Å²) in [5.74, 6) is 0.597. The molecule has 14 heavy (non-hydrogen) atoms. The van der Waals surface area contributed by atoms with Gasteiger partial charge in [0.1, 0.15) is 0 Å². The van der Waals surface area contributed by atoms with E-state index in [1.807, 2.05) is 11.8 Å². The molecule has 1 fully saturated rings. The normalized spacial score (nSPS) is 18.6. The molecule has 1 saturated heterocycles. The highest BCUT2D eigenvalue weighted by molar-refractivity contribution is 6.18. The van der Waals surface area contributed by atoms with Crippen molar-refractivity contribution in [3.05, 3.63) is 0 Å². The first-order valence-electron chi connectivity index (χ1n) is 5.23. The average molecular weight is 220 g/mol. The van der Waals surface area contributed by atoms with Crippen LogP contribution in [0.2, 0.25) is 0 Å². The zero-order valence-corrected chi connectivity index (χ0v) is 9.42. The highest BCUT2D eigenvalue weighted by atomic mass is 35.5. The molecule has 1 rings (SSSR count). The number of hydrogen-bond acceptors (Lipinski definition) is 2. The largest absolute Gasteiger partial charge is 0.378 e. The Bertz CT molecular complexity index is 179. The lowest BCUT2D eigenvalue weighted by molar-refractivity contribution is -0.133. The number of ether oxygens (including phenoxy) is 1. The molecule has 0 radical (unpaired) electrons. The van der Waals surface area contributed by atoms with Crippen LogP contribution in [0.4, 0.5) is 0 Å². The molecule has 4 heteroatoms. The highest BCUT2D eigenvalue weighted by Crippen LogP contribution is 2.14. The molecule has 0 spiro atoms. The lowest BCUT2D eigenvalue weighted by Gasteiger charge is -2.31. The third-order valence-corrected chi connectivity index (χ3v) is 2.69. The van der Waals surface area contributed by atoms with Crippen LogP contribution in [-0.4, -0.2) is 42.5 Å². The van der Waals surface area contributed by atoms with Gasteiger partial charge in [-0.2, -0.15) is 0 Å². The van der Waals surface area contributed by atoms with E-state index in [1.54, 1.807) is 0 Å². The minimum Gasteiger partial charge on any atom is -0.378 e. The van der Waals surface area contributed by atoms with Crippen molar-refractivity contribution in [3.8, 4) is 0 Å². The molecule has 0 atom stereocenters. The van der Waals surface area contributed by atoms with Crippen molar-refractivity contribution in [2.24, 2.45) is 0 Å². The first-order valence-corrected chi connectivity index (χ1v) is 5.76. The van der Waals surface area contributed by atoms with Crippen molar-refractivity contribution in [2.75, 3.05) is 25.6 Å². The minimum absolute atomic E-state index is 0.176. The van der Waals surface area contributed by atoms with E-state index in [0.717, 1.165) is 32.5 Å². The fraction of sp³-hybridized carbons (Fsp3) is 0.900. The fourth-order valence-electron chi connectivity index (χ4n) is 1.75. The second kappa shape index (κ2) is 6.25. The van der Waals surface area contributed by atoms with E-state index in [-0.39, 0.29) is 5.91 Å². The third kappa shape index (κ3) is 3.46. The molecule has 1 aliphatic rings. The number of likely N-dealkylation sites (tertiary alicyclic amines) is 1. The Morgan fingerprint density at radius 1 is 1.50 bits per heavy atom. The predicted octanol–water partition coefficient (Wildman–Crippen LogP) is 1.64. The van der Waals surface area contributed by atoms with Gasteiger partial charge in [0, 0.05) is 32.0 Å². The number of amides is 1. The van der Waals surface area contributed by atoms with Crippen LogP contribution in [0.3, 0.4) is 0 Å². The van der Waals surface area contributed by atoms with Gasteiger partial charge in [0.05, 0.1) is 6.10 Å². The van der Waals surface area contributed by atoms with Gasteiger partial charge >= 0.3 is 0 Å². The second-order valence-corrected chi connectivity index (χ2v) is 3.85. The van der Waals surface area contributed by atoms with E-state index >= 15 is 0 Å². The molecule has 0 unspecified atom stereocenters. The van der Waals surface area contributed by atoms with Gasteiger partial charge in [0.15, 0.2) is 0 Å². The molecule has 0 N–H and O–H groups in total. The zero-order valence-electron chi connectivity index (χ0n) is 8.67. The lowest BCUT2D eigenvalue weighted by atomic mass is 10.1. The maximum absolute atomic E-state index is 11.5. The third-order valence-electron chi connectivity index (χ3n) is 2.51. The molecular formula is C10H18ClNO2. The van der Waals surface area contributed by atoms with Crippen LogP contribution in [0.5, 0.6) is 0 Å². The topological polar surface area (TPSA) is 29.5 Å². The molecule has 3 nitrogen and oxygen atoms in total. The molecule has 1 aliphatic heterocycles. The fourth-order valence-corrected chi connectivity index (χ4v) is 1.91. The van der Waals surface area contributed by atoms with Crippen LogP contribution in [0.25, 0.3) is 0 Å². The number of piperidine rings is 1. The number of carbonyl (C=O) groups excluding carboxylic acids is 1. The predicted molar refractivity (Wildman–Crippen MR) is 56.6 cm³/mol. The summed E-state index contributed by atoms with van der Waals surface area (Å²) in [6.45, 7) is 4.41. The first-order chi connectivity index (χ1) is 6.77. The van der Waals surface area contributed by atoms with Gasteiger partial charge in [-0.3, -0.25) is 4.79 Å². The Morgan fingerprint density at radius 3 is 2.64 bits per heavy atom. The maximum atomic E-state index is 11.5. The molecule has 0 aliphatic carbocycles. The van der Waals surface area contributed by atoms with E-state index in [1.165, 1.54) is 0 Å². The lowest BCUT2D eigenvalue weighted by Crippen LogP contribution is -2.40. The van der Waals surface area contributed by atoms with Crippen LogP contribution in [0.15, 0.2) is 0 Å². The number of hydrogen-bond donors (Lipinski definition) is 0. The Balaban J connectivity index is 2.24. The van der Waals surface area contributed by atoms with Crippen molar-refractivity contribution in [2.45, 2.75) is 32.3 Å². The summed E-state index contributed by atoms with van der Waals surface area (Å²) in [4.78, 5) is 13.4. The Hall–Kier alpha value is -0.280. The summed E-state index contributed by atoms with van der Waals surface area (Å²) < 4.78 is 5.51. The van der Waals surface area contributed by atoms with Gasteiger partial charge in [0.25, 0.3) is 0 Å². The van der Waals surface area contributed by atoms with Crippen molar-refractivity contribution in [1.82, 2.24) is 4.90 Å². The summed E-state index contributed by atoms with van der Waals surface area (Å²) in [5.41, 5.74) is 0. The molecule has 82 valence electrons. The first kappa shape index (κ1) is 11.8. The van der Waals surface area contributed by atoms with Gasteiger partial charge < -0.3 is 9.64 Å². The number of nitrogens with zero attached hydrogens (tertiary/aromatic N) is 1. The summed E-state index contributed by atoms with van der Waals surface area (Å²) >= 11 is 5.52. The monoisotopic (exact) mass is 219 g/mol. The Kier molecular flexibility index (Phi) is 5.26. The SMILES string of the molecule is CCOC1CCN(C(=O)CCCl)CC1. The van der Waals surface area contributed by atoms with Crippen molar-refractivity contribution < 1.29 is 9.53 Å². The highest BCUT2D eigenvalue weighted by Gasteiger charge is 2.22. The van der Waals surface area contributed by atoms with Crippen LogP contribution >= 0.6 is 11.6 Å². The summed E-state index contributed by atoms with van der Waals surface area (Å²) in [6.07, 6.45) is 2.73. The van der Waals surface area contributed by atoms with Gasteiger partial charge in [0.2, 0.25) is 5.91 Å². The maximum Gasteiger partial charge on any atom is 0.223 e. The minimum atomic E-state index is 0.176. The molecule has 0 saturated carbocycles. The van der Waals surface area contributed by atoms with E-state index in [9.17, 15) is 4.79 Å². The van der Waals surface area contributed by atoms with Crippen molar-refractivity contribution in [1.29, 1.82) is 0 Å². The second-order valence-electron chi connectivity index (χ2n) is 3.47. The molecule has 0 aromatic heterocycles. The Morgan fingerprint density at radius 2 is 2.14 bits per heavy atom. The van der Waals surface area contributed by atoms with E-state index in [4.69, 9.17) is 16.3 Å². The quantitative estimate of drug-likeness (QED) is 0.673. The van der Waals surface area contributed by atoms with Crippen LogP contribution in [0.1, 0.15) is 26.2 Å². The number of halogens is 1. The summed E-state index contributed by atoms with van der Waals surface area (Å²) in [7, 11) is 0. The smallest absolute Gasteiger partial charge is 0.223 e. The van der Waals surface area contributed by atoms with E-state index in [2.05, 4.69) is 0 Å². The van der Waals surface area contributed by atoms with Crippen molar-refractivity contribution >= 4 is 17.5 Å². The summed E-state index contributed by atoms with van der Waals surface area (Å²) in [5, 5.41) is 0. The molecule has 1 amide bonds. The molecule has 0 aromatic rings. The van der Waals surface area contributed by atoms with Crippen LogP contribution in [0, 0.1) is 0 Å². The zero-order chi connectivity index (χ0) is 10.4. The van der Waals surface area contributed by atoms with Crippen LogP contribution in [-0.2, 0) is 9.53 Å². The average Bonchev–Trinajstić information content (AvgIpc) is 2.20. The van der Waals surface area contributed by atoms with Crippen molar-refractivity contribution in [3.63, 3.8) is 0 Å². The number of rotatable bonds is 4. The van der Waals surface area contributed by atoms with Gasteiger partial charge in [-0.25, -0.2) is 0 Å². The van der Waals surface area contributed by atoms with Gasteiger partial charge in [-0.05, 0) is 19.8 Å².